The van der Waals surface area contributed by atoms with Crippen molar-refractivity contribution in [2.24, 2.45) is 5.73 Å². The van der Waals surface area contributed by atoms with Crippen molar-refractivity contribution < 1.29 is 4.79 Å². The molecule has 0 saturated carbocycles. The number of nitrogens with two attached hydrogens (primary N) is 1. The fourth-order valence-electron chi connectivity index (χ4n) is 1.31. The maximum atomic E-state index is 11.7. The SMILES string of the molecule is CN(CCCN)C(=O)/C=C/c1ccc(Cl)cc1. The number of amides is 1. The van der Waals surface area contributed by atoms with E-state index in [4.69, 9.17) is 17.3 Å². The third-order valence-electron chi connectivity index (χ3n) is 2.36. The molecule has 1 rings (SSSR count). The number of likely N-dealkylation sites (N-methyl/N-ethyl adjacent to an activating group) is 1. The summed E-state index contributed by atoms with van der Waals surface area (Å²) in [6.07, 6.45) is 4.15. The van der Waals surface area contributed by atoms with E-state index in [-0.39, 0.29) is 5.91 Å². The number of hydrogen-bond donors (Lipinski definition) is 1. The van der Waals surface area contributed by atoms with Gasteiger partial charge in [-0.05, 0) is 36.7 Å². The summed E-state index contributed by atoms with van der Waals surface area (Å²) in [5, 5.41) is 0.688. The second-order valence-electron chi connectivity index (χ2n) is 3.79. The van der Waals surface area contributed by atoms with Gasteiger partial charge >= 0.3 is 0 Å². The average Bonchev–Trinajstić information content (AvgIpc) is 2.34. The van der Waals surface area contributed by atoms with Crippen molar-refractivity contribution in [3.8, 4) is 0 Å². The highest BCUT2D eigenvalue weighted by molar-refractivity contribution is 6.30. The zero-order valence-electron chi connectivity index (χ0n) is 9.90. The minimum absolute atomic E-state index is 0.0200. The Kier molecular flexibility index (Phi) is 5.73. The molecule has 1 aromatic carbocycles. The summed E-state index contributed by atoms with van der Waals surface area (Å²) in [6.45, 7) is 1.28. The molecule has 17 heavy (non-hydrogen) atoms. The van der Waals surface area contributed by atoms with E-state index >= 15 is 0 Å². The molecule has 1 amide bonds. The minimum atomic E-state index is -0.0200. The second-order valence-corrected chi connectivity index (χ2v) is 4.22. The van der Waals surface area contributed by atoms with E-state index in [1.807, 2.05) is 12.1 Å². The van der Waals surface area contributed by atoms with Crippen molar-refractivity contribution in [3.63, 3.8) is 0 Å². The Bertz CT molecular complexity index is 387. The Morgan fingerprint density at radius 1 is 1.41 bits per heavy atom. The molecule has 0 radical (unpaired) electrons. The normalized spacial score (nSPS) is 10.8. The molecule has 0 spiro atoms. The standard InChI is InChI=1S/C13H17ClN2O/c1-16(10-2-9-15)13(17)8-5-11-3-6-12(14)7-4-11/h3-8H,2,9-10,15H2,1H3/b8-5+. The third-order valence-corrected chi connectivity index (χ3v) is 2.61. The lowest BCUT2D eigenvalue weighted by Gasteiger charge is -2.13. The van der Waals surface area contributed by atoms with Crippen LogP contribution in [0.5, 0.6) is 0 Å². The molecule has 4 heteroatoms. The number of carbonyl (C=O) groups excluding carboxylic acids is 1. The van der Waals surface area contributed by atoms with Gasteiger partial charge in [-0.1, -0.05) is 23.7 Å². The Balaban J connectivity index is 2.52. The van der Waals surface area contributed by atoms with Crippen LogP contribution in [0.1, 0.15) is 12.0 Å². The molecule has 0 aromatic heterocycles. The van der Waals surface area contributed by atoms with E-state index in [1.54, 1.807) is 36.2 Å². The quantitative estimate of drug-likeness (QED) is 0.817. The molecular formula is C13H17ClN2O. The first-order valence-corrected chi connectivity index (χ1v) is 5.90. The third kappa shape index (κ3) is 5.02. The molecule has 1 aromatic rings. The molecule has 0 fully saturated rings. The molecule has 0 bridgehead atoms. The van der Waals surface area contributed by atoms with Crippen LogP contribution in [-0.2, 0) is 4.79 Å². The lowest BCUT2D eigenvalue weighted by Crippen LogP contribution is -2.27. The van der Waals surface area contributed by atoms with Crippen molar-refractivity contribution >= 4 is 23.6 Å². The van der Waals surface area contributed by atoms with Gasteiger partial charge in [0.05, 0.1) is 0 Å². The highest BCUT2D eigenvalue weighted by atomic mass is 35.5. The molecule has 3 nitrogen and oxygen atoms in total. The number of hydrogen-bond acceptors (Lipinski definition) is 2. The van der Waals surface area contributed by atoms with Crippen molar-refractivity contribution in [1.29, 1.82) is 0 Å². The van der Waals surface area contributed by atoms with E-state index < -0.39 is 0 Å². The average molecular weight is 253 g/mol. The monoisotopic (exact) mass is 252 g/mol. The van der Waals surface area contributed by atoms with Crippen LogP contribution in [0.4, 0.5) is 0 Å². The highest BCUT2D eigenvalue weighted by Crippen LogP contribution is 2.10. The Morgan fingerprint density at radius 2 is 2.06 bits per heavy atom. The van der Waals surface area contributed by atoms with E-state index in [0.717, 1.165) is 12.0 Å². The molecule has 0 aliphatic rings. The van der Waals surface area contributed by atoms with Crippen LogP contribution in [0.3, 0.4) is 0 Å². The van der Waals surface area contributed by atoms with Gasteiger partial charge < -0.3 is 10.6 Å². The Hall–Kier alpha value is -1.32. The first kappa shape index (κ1) is 13.7. The van der Waals surface area contributed by atoms with Crippen molar-refractivity contribution in [2.45, 2.75) is 6.42 Å². The maximum Gasteiger partial charge on any atom is 0.246 e. The Morgan fingerprint density at radius 3 is 2.65 bits per heavy atom. The largest absolute Gasteiger partial charge is 0.342 e. The van der Waals surface area contributed by atoms with Crippen LogP contribution < -0.4 is 5.73 Å². The van der Waals surface area contributed by atoms with E-state index in [9.17, 15) is 4.79 Å². The maximum absolute atomic E-state index is 11.7. The van der Waals surface area contributed by atoms with Gasteiger partial charge in [-0.15, -0.1) is 0 Å². The predicted octanol–water partition coefficient (Wildman–Crippen LogP) is 2.16. The van der Waals surface area contributed by atoms with Crippen molar-refractivity contribution in [2.75, 3.05) is 20.1 Å². The minimum Gasteiger partial charge on any atom is -0.342 e. The second kappa shape index (κ2) is 7.09. The molecule has 0 atom stereocenters. The smallest absolute Gasteiger partial charge is 0.246 e. The highest BCUT2D eigenvalue weighted by Gasteiger charge is 2.02. The first-order valence-electron chi connectivity index (χ1n) is 5.52. The molecule has 0 heterocycles. The van der Waals surface area contributed by atoms with Crippen LogP contribution in [0, 0.1) is 0 Å². The van der Waals surface area contributed by atoms with Gasteiger partial charge in [0, 0.05) is 24.7 Å². The zero-order chi connectivity index (χ0) is 12.7. The first-order chi connectivity index (χ1) is 8.13. The van der Waals surface area contributed by atoms with Gasteiger partial charge in [-0.3, -0.25) is 4.79 Å². The van der Waals surface area contributed by atoms with Gasteiger partial charge in [-0.25, -0.2) is 0 Å². The summed E-state index contributed by atoms with van der Waals surface area (Å²) in [6, 6.07) is 7.33. The van der Waals surface area contributed by atoms with E-state index in [2.05, 4.69) is 0 Å². The number of nitrogens with zero attached hydrogens (tertiary/aromatic N) is 1. The van der Waals surface area contributed by atoms with E-state index in [1.165, 1.54) is 0 Å². The molecule has 0 saturated heterocycles. The summed E-state index contributed by atoms with van der Waals surface area (Å²) in [5.41, 5.74) is 6.34. The number of rotatable bonds is 5. The van der Waals surface area contributed by atoms with Crippen molar-refractivity contribution in [3.05, 3.63) is 40.9 Å². The van der Waals surface area contributed by atoms with Crippen LogP contribution in [0.25, 0.3) is 6.08 Å². The van der Waals surface area contributed by atoms with Crippen LogP contribution in [-0.4, -0.2) is 30.9 Å². The molecule has 2 N–H and O–H groups in total. The zero-order valence-corrected chi connectivity index (χ0v) is 10.7. The molecule has 92 valence electrons. The summed E-state index contributed by atoms with van der Waals surface area (Å²) in [7, 11) is 1.77. The summed E-state index contributed by atoms with van der Waals surface area (Å²) < 4.78 is 0. The fourth-order valence-corrected chi connectivity index (χ4v) is 1.43. The molecule has 0 unspecified atom stereocenters. The number of halogens is 1. The van der Waals surface area contributed by atoms with Gasteiger partial charge in [0.2, 0.25) is 5.91 Å². The van der Waals surface area contributed by atoms with Gasteiger partial charge in [0.15, 0.2) is 0 Å². The van der Waals surface area contributed by atoms with Crippen LogP contribution in [0.15, 0.2) is 30.3 Å². The molecular weight excluding hydrogens is 236 g/mol. The predicted molar refractivity (Wildman–Crippen MR) is 71.8 cm³/mol. The summed E-state index contributed by atoms with van der Waals surface area (Å²) in [5.74, 6) is -0.0200. The summed E-state index contributed by atoms with van der Waals surface area (Å²) >= 11 is 5.77. The van der Waals surface area contributed by atoms with Crippen molar-refractivity contribution in [1.82, 2.24) is 4.90 Å². The number of benzene rings is 1. The lowest BCUT2D eigenvalue weighted by molar-refractivity contribution is -0.124. The topological polar surface area (TPSA) is 46.3 Å². The van der Waals surface area contributed by atoms with E-state index in [0.29, 0.717) is 18.1 Å². The molecule has 0 aliphatic carbocycles. The van der Waals surface area contributed by atoms with Crippen LogP contribution >= 0.6 is 11.6 Å². The van der Waals surface area contributed by atoms with Gasteiger partial charge in [-0.2, -0.15) is 0 Å². The lowest BCUT2D eigenvalue weighted by atomic mass is 10.2. The van der Waals surface area contributed by atoms with Crippen LogP contribution in [0.2, 0.25) is 5.02 Å². The summed E-state index contributed by atoms with van der Waals surface area (Å²) in [4.78, 5) is 13.3. The van der Waals surface area contributed by atoms with Gasteiger partial charge in [0.25, 0.3) is 0 Å². The number of carbonyl (C=O) groups is 1. The fraction of sp³-hybridized carbons (Fsp3) is 0.308. The Labute approximate surface area is 107 Å². The van der Waals surface area contributed by atoms with Gasteiger partial charge in [0.1, 0.15) is 0 Å². The molecule has 0 aliphatic heterocycles.